The first-order valence-corrected chi connectivity index (χ1v) is 8.47. The van der Waals surface area contributed by atoms with Crippen LogP contribution in [0, 0.1) is 0 Å². The Hall–Kier alpha value is -1.06. The Balaban J connectivity index is 1.74. The van der Waals surface area contributed by atoms with Crippen molar-refractivity contribution in [2.24, 2.45) is 0 Å². The molecule has 2 atom stereocenters. The molecule has 1 N–H and O–H groups in total. The van der Waals surface area contributed by atoms with Crippen LogP contribution in [0.1, 0.15) is 56.2 Å². The molecule has 21 heavy (non-hydrogen) atoms. The second-order valence-electron chi connectivity index (χ2n) is 6.20. The Bertz CT molecular complexity index is 455. The Morgan fingerprint density at radius 1 is 1.29 bits per heavy atom. The van der Waals surface area contributed by atoms with Crippen LogP contribution < -0.4 is 10.1 Å². The van der Waals surface area contributed by atoms with Crippen molar-refractivity contribution in [3.63, 3.8) is 0 Å². The first kappa shape index (κ1) is 14.9. The van der Waals surface area contributed by atoms with Crippen LogP contribution in [-0.4, -0.2) is 25.9 Å². The molecule has 0 saturated carbocycles. The van der Waals surface area contributed by atoms with Gasteiger partial charge < -0.3 is 14.8 Å². The maximum absolute atomic E-state index is 5.83. The predicted molar refractivity (Wildman–Crippen MR) is 84.9 cm³/mol. The van der Waals surface area contributed by atoms with Crippen molar-refractivity contribution in [1.29, 1.82) is 0 Å². The summed E-state index contributed by atoms with van der Waals surface area (Å²) < 4.78 is 11.6. The van der Waals surface area contributed by atoms with Gasteiger partial charge >= 0.3 is 0 Å². The third kappa shape index (κ3) is 3.78. The van der Waals surface area contributed by atoms with Crippen LogP contribution in [0.25, 0.3) is 0 Å². The van der Waals surface area contributed by atoms with E-state index in [0.29, 0.717) is 12.1 Å². The highest BCUT2D eigenvalue weighted by Gasteiger charge is 2.22. The Morgan fingerprint density at radius 3 is 3.05 bits per heavy atom. The summed E-state index contributed by atoms with van der Waals surface area (Å²) in [7, 11) is 0. The number of rotatable bonds is 6. The first-order chi connectivity index (χ1) is 10.4. The van der Waals surface area contributed by atoms with Gasteiger partial charge in [0, 0.05) is 12.6 Å². The standard InChI is InChI=1S/C18H27NO2/c1-2-9-19-17(13-16-6-4-10-20-16)14-7-8-18-15(12-14)5-3-11-21-18/h7-8,12,16-17,19H,2-6,9-11,13H2,1H3. The van der Waals surface area contributed by atoms with Gasteiger partial charge in [0.25, 0.3) is 0 Å². The third-order valence-corrected chi connectivity index (χ3v) is 4.50. The third-order valence-electron chi connectivity index (χ3n) is 4.50. The first-order valence-electron chi connectivity index (χ1n) is 8.47. The molecule has 0 spiro atoms. The van der Waals surface area contributed by atoms with Crippen LogP contribution in [0.2, 0.25) is 0 Å². The molecule has 1 aromatic rings. The van der Waals surface area contributed by atoms with E-state index in [9.17, 15) is 0 Å². The highest BCUT2D eigenvalue weighted by Crippen LogP contribution is 2.31. The summed E-state index contributed by atoms with van der Waals surface area (Å²) in [4.78, 5) is 0. The van der Waals surface area contributed by atoms with E-state index in [1.807, 2.05) is 0 Å². The fraction of sp³-hybridized carbons (Fsp3) is 0.667. The van der Waals surface area contributed by atoms with E-state index in [1.54, 1.807) is 0 Å². The number of hydrogen-bond acceptors (Lipinski definition) is 3. The fourth-order valence-electron chi connectivity index (χ4n) is 3.35. The molecule has 1 fully saturated rings. The zero-order valence-electron chi connectivity index (χ0n) is 13.1. The highest BCUT2D eigenvalue weighted by molar-refractivity contribution is 5.39. The molecule has 116 valence electrons. The normalized spacial score (nSPS) is 22.6. The maximum atomic E-state index is 5.83. The van der Waals surface area contributed by atoms with Gasteiger partial charge in [-0.1, -0.05) is 19.1 Å². The molecule has 0 radical (unpaired) electrons. The number of ether oxygens (including phenoxy) is 2. The summed E-state index contributed by atoms with van der Waals surface area (Å²) >= 11 is 0. The molecule has 1 saturated heterocycles. The van der Waals surface area contributed by atoms with E-state index in [2.05, 4.69) is 30.4 Å². The molecule has 2 aliphatic rings. The van der Waals surface area contributed by atoms with Crippen LogP contribution >= 0.6 is 0 Å². The van der Waals surface area contributed by atoms with Gasteiger partial charge in [0.15, 0.2) is 0 Å². The lowest BCUT2D eigenvalue weighted by molar-refractivity contribution is 0.0945. The van der Waals surface area contributed by atoms with E-state index >= 15 is 0 Å². The molecule has 2 unspecified atom stereocenters. The molecule has 3 heteroatoms. The van der Waals surface area contributed by atoms with E-state index in [-0.39, 0.29) is 0 Å². The summed E-state index contributed by atoms with van der Waals surface area (Å²) in [5.74, 6) is 1.08. The summed E-state index contributed by atoms with van der Waals surface area (Å²) in [6.45, 7) is 5.07. The van der Waals surface area contributed by atoms with Gasteiger partial charge in [-0.3, -0.25) is 0 Å². The molecule has 0 bridgehead atoms. The monoisotopic (exact) mass is 289 g/mol. The van der Waals surface area contributed by atoms with E-state index < -0.39 is 0 Å². The highest BCUT2D eigenvalue weighted by atomic mass is 16.5. The summed E-state index contributed by atoms with van der Waals surface area (Å²) in [6, 6.07) is 7.13. The topological polar surface area (TPSA) is 30.5 Å². The summed E-state index contributed by atoms with van der Waals surface area (Å²) in [5.41, 5.74) is 2.76. The van der Waals surface area contributed by atoms with Crippen molar-refractivity contribution in [3.8, 4) is 5.75 Å². The van der Waals surface area contributed by atoms with Gasteiger partial charge in [-0.25, -0.2) is 0 Å². The maximum Gasteiger partial charge on any atom is 0.122 e. The predicted octanol–water partition coefficient (Wildman–Crippen LogP) is 3.62. The molecule has 0 aromatic heterocycles. The zero-order valence-corrected chi connectivity index (χ0v) is 13.1. The summed E-state index contributed by atoms with van der Waals surface area (Å²) in [5, 5.41) is 3.70. The van der Waals surface area contributed by atoms with Crippen LogP contribution in [0.15, 0.2) is 18.2 Å². The van der Waals surface area contributed by atoms with Gasteiger partial charge in [-0.15, -0.1) is 0 Å². The Kier molecular flexibility index (Phi) is 5.15. The fourth-order valence-corrected chi connectivity index (χ4v) is 3.35. The average molecular weight is 289 g/mol. The Morgan fingerprint density at radius 2 is 2.24 bits per heavy atom. The Labute approximate surface area is 128 Å². The van der Waals surface area contributed by atoms with Gasteiger partial charge in [0.1, 0.15) is 5.75 Å². The minimum atomic E-state index is 0.403. The molecule has 0 aliphatic carbocycles. The molecule has 1 aromatic carbocycles. The van der Waals surface area contributed by atoms with E-state index in [1.165, 1.54) is 24.0 Å². The summed E-state index contributed by atoms with van der Waals surface area (Å²) in [6.07, 6.45) is 7.36. The minimum Gasteiger partial charge on any atom is -0.493 e. The number of benzene rings is 1. The van der Waals surface area contributed by atoms with Crippen molar-refractivity contribution in [3.05, 3.63) is 29.3 Å². The van der Waals surface area contributed by atoms with Crippen LogP contribution in [0.5, 0.6) is 5.75 Å². The molecule has 3 nitrogen and oxygen atoms in total. The van der Waals surface area contributed by atoms with Crippen molar-refractivity contribution < 1.29 is 9.47 Å². The van der Waals surface area contributed by atoms with Crippen LogP contribution in [0.3, 0.4) is 0 Å². The van der Waals surface area contributed by atoms with Crippen LogP contribution in [0.4, 0.5) is 0 Å². The molecule has 2 heterocycles. The quantitative estimate of drug-likeness (QED) is 0.867. The minimum absolute atomic E-state index is 0.403. The number of nitrogens with one attached hydrogen (secondary N) is 1. The van der Waals surface area contributed by atoms with E-state index in [0.717, 1.165) is 51.2 Å². The lowest BCUT2D eigenvalue weighted by Gasteiger charge is -2.24. The molecule has 3 rings (SSSR count). The van der Waals surface area contributed by atoms with Gasteiger partial charge in [-0.05, 0) is 62.3 Å². The van der Waals surface area contributed by atoms with Gasteiger partial charge in [0.05, 0.1) is 12.7 Å². The smallest absolute Gasteiger partial charge is 0.122 e. The van der Waals surface area contributed by atoms with Crippen molar-refractivity contribution >= 4 is 0 Å². The lowest BCUT2D eigenvalue weighted by Crippen LogP contribution is -2.26. The second kappa shape index (κ2) is 7.28. The molecular weight excluding hydrogens is 262 g/mol. The molecular formula is C18H27NO2. The molecule has 2 aliphatic heterocycles. The lowest BCUT2D eigenvalue weighted by atomic mass is 9.95. The number of fused-ring (bicyclic) bond motifs is 1. The molecule has 0 amide bonds. The number of aryl methyl sites for hydroxylation is 1. The van der Waals surface area contributed by atoms with Crippen LogP contribution in [-0.2, 0) is 11.2 Å². The van der Waals surface area contributed by atoms with Gasteiger partial charge in [0.2, 0.25) is 0 Å². The van der Waals surface area contributed by atoms with Crippen molar-refractivity contribution in [2.45, 2.75) is 57.6 Å². The van der Waals surface area contributed by atoms with Crippen molar-refractivity contribution in [2.75, 3.05) is 19.8 Å². The van der Waals surface area contributed by atoms with Gasteiger partial charge in [-0.2, -0.15) is 0 Å². The second-order valence-corrected chi connectivity index (χ2v) is 6.20. The van der Waals surface area contributed by atoms with Crippen molar-refractivity contribution in [1.82, 2.24) is 5.32 Å². The number of hydrogen-bond donors (Lipinski definition) is 1. The zero-order chi connectivity index (χ0) is 14.5. The SMILES string of the molecule is CCCNC(CC1CCCO1)c1ccc2c(c1)CCCO2. The van der Waals surface area contributed by atoms with E-state index in [4.69, 9.17) is 9.47 Å². The average Bonchev–Trinajstić information content (AvgIpc) is 3.04. The largest absolute Gasteiger partial charge is 0.493 e.